The number of phenolic OH excluding ortho intramolecular Hbond substituents is 1. The molecule has 1 aromatic heterocycles. The molecular formula is C24H29N3O5. The first-order chi connectivity index (χ1) is 15.5. The van der Waals surface area contributed by atoms with Crippen LogP contribution in [0.2, 0.25) is 0 Å². The Hall–Kier alpha value is -3.55. The number of ether oxygens (including phenoxy) is 3. The molecule has 0 aliphatic rings. The fourth-order valence-electron chi connectivity index (χ4n) is 2.94. The lowest BCUT2D eigenvalue weighted by molar-refractivity contribution is 0.302. The summed E-state index contributed by atoms with van der Waals surface area (Å²) in [6, 6.07) is 9.80. The second-order valence-corrected chi connectivity index (χ2v) is 7.16. The van der Waals surface area contributed by atoms with Crippen LogP contribution >= 0.6 is 0 Å². The molecular weight excluding hydrogens is 410 g/mol. The SMILES string of the molecule is CCCOc1ccc(-c2nc(O)nc(-c3ccc(OCCC)cc3OCCC)n2)c(O)c1. The van der Waals surface area contributed by atoms with E-state index in [0.717, 1.165) is 19.3 Å². The van der Waals surface area contributed by atoms with Crippen molar-refractivity contribution in [3.8, 4) is 51.8 Å². The van der Waals surface area contributed by atoms with Gasteiger partial charge >= 0.3 is 6.01 Å². The second kappa shape index (κ2) is 11.2. The topological polar surface area (TPSA) is 107 Å². The molecule has 0 unspecified atom stereocenters. The van der Waals surface area contributed by atoms with E-state index in [1.54, 1.807) is 24.3 Å². The smallest absolute Gasteiger partial charge is 0.318 e. The molecule has 3 aromatic rings. The summed E-state index contributed by atoms with van der Waals surface area (Å²) in [5, 5.41) is 20.7. The molecule has 0 aliphatic carbocycles. The maximum Gasteiger partial charge on any atom is 0.318 e. The first-order valence-electron chi connectivity index (χ1n) is 10.9. The molecule has 170 valence electrons. The van der Waals surface area contributed by atoms with Crippen molar-refractivity contribution in [1.82, 2.24) is 15.0 Å². The summed E-state index contributed by atoms with van der Waals surface area (Å²) in [5.41, 5.74) is 0.940. The van der Waals surface area contributed by atoms with Crippen molar-refractivity contribution < 1.29 is 24.4 Å². The average Bonchev–Trinajstić information content (AvgIpc) is 2.79. The molecule has 2 N–H and O–H groups in total. The zero-order chi connectivity index (χ0) is 22.9. The molecule has 8 heteroatoms. The molecule has 3 rings (SSSR count). The van der Waals surface area contributed by atoms with Gasteiger partial charge in [-0.3, -0.25) is 0 Å². The number of aromatic hydroxyl groups is 2. The van der Waals surface area contributed by atoms with Crippen LogP contribution in [0.5, 0.6) is 29.0 Å². The van der Waals surface area contributed by atoms with Crippen molar-refractivity contribution in [2.45, 2.75) is 40.0 Å². The van der Waals surface area contributed by atoms with Crippen LogP contribution in [-0.2, 0) is 0 Å². The molecule has 0 spiro atoms. The van der Waals surface area contributed by atoms with Gasteiger partial charge in [-0.2, -0.15) is 9.97 Å². The zero-order valence-electron chi connectivity index (χ0n) is 18.7. The van der Waals surface area contributed by atoms with Gasteiger partial charge in [0.2, 0.25) is 0 Å². The largest absolute Gasteiger partial charge is 0.507 e. The van der Waals surface area contributed by atoms with E-state index in [-0.39, 0.29) is 17.4 Å². The van der Waals surface area contributed by atoms with Crippen molar-refractivity contribution >= 4 is 0 Å². The molecule has 0 bridgehead atoms. The monoisotopic (exact) mass is 439 g/mol. The highest BCUT2D eigenvalue weighted by Crippen LogP contribution is 2.35. The van der Waals surface area contributed by atoms with E-state index < -0.39 is 6.01 Å². The normalized spacial score (nSPS) is 10.7. The van der Waals surface area contributed by atoms with E-state index in [1.807, 2.05) is 26.8 Å². The van der Waals surface area contributed by atoms with E-state index in [4.69, 9.17) is 14.2 Å². The van der Waals surface area contributed by atoms with Crippen LogP contribution in [0.1, 0.15) is 40.0 Å². The van der Waals surface area contributed by atoms with Gasteiger partial charge in [-0.05, 0) is 43.5 Å². The van der Waals surface area contributed by atoms with Crippen molar-refractivity contribution in [3.05, 3.63) is 36.4 Å². The lowest BCUT2D eigenvalue weighted by Gasteiger charge is -2.13. The summed E-state index contributed by atoms with van der Waals surface area (Å²) in [5.74, 6) is 2.08. The minimum atomic E-state index is -0.455. The third kappa shape index (κ3) is 5.78. The lowest BCUT2D eigenvalue weighted by Crippen LogP contribution is -2.02. The van der Waals surface area contributed by atoms with Crippen LogP contribution < -0.4 is 14.2 Å². The predicted molar refractivity (Wildman–Crippen MR) is 121 cm³/mol. The van der Waals surface area contributed by atoms with Crippen molar-refractivity contribution in [1.29, 1.82) is 0 Å². The fourth-order valence-corrected chi connectivity index (χ4v) is 2.94. The quantitative estimate of drug-likeness (QED) is 0.431. The Morgan fingerprint density at radius 1 is 0.656 bits per heavy atom. The molecule has 0 saturated heterocycles. The van der Waals surface area contributed by atoms with Crippen molar-refractivity contribution in [2.75, 3.05) is 19.8 Å². The predicted octanol–water partition coefficient (Wildman–Crippen LogP) is 4.98. The Kier molecular flexibility index (Phi) is 8.08. The average molecular weight is 440 g/mol. The molecule has 8 nitrogen and oxygen atoms in total. The molecule has 0 saturated carbocycles. The summed E-state index contributed by atoms with van der Waals surface area (Å²) < 4.78 is 17.2. The highest BCUT2D eigenvalue weighted by Gasteiger charge is 2.17. The molecule has 0 aliphatic heterocycles. The molecule has 0 fully saturated rings. The molecule has 0 amide bonds. The lowest BCUT2D eigenvalue weighted by atomic mass is 10.1. The maximum atomic E-state index is 10.5. The summed E-state index contributed by atoms with van der Waals surface area (Å²) >= 11 is 0. The van der Waals surface area contributed by atoms with Crippen LogP contribution in [0, 0.1) is 0 Å². The number of phenols is 1. The summed E-state index contributed by atoms with van der Waals surface area (Å²) in [7, 11) is 0. The van der Waals surface area contributed by atoms with Crippen LogP contribution in [0.4, 0.5) is 0 Å². The number of nitrogens with zero attached hydrogens (tertiary/aromatic N) is 3. The van der Waals surface area contributed by atoms with Crippen molar-refractivity contribution in [2.24, 2.45) is 0 Å². The van der Waals surface area contributed by atoms with Gasteiger partial charge in [-0.15, -0.1) is 0 Å². The van der Waals surface area contributed by atoms with Gasteiger partial charge in [0.15, 0.2) is 11.6 Å². The number of hydrogen-bond donors (Lipinski definition) is 2. The van der Waals surface area contributed by atoms with Crippen LogP contribution in [-0.4, -0.2) is 45.0 Å². The first kappa shape index (κ1) is 23.1. The molecule has 32 heavy (non-hydrogen) atoms. The summed E-state index contributed by atoms with van der Waals surface area (Å²) in [6.45, 7) is 7.71. The van der Waals surface area contributed by atoms with Gasteiger partial charge in [-0.1, -0.05) is 20.8 Å². The third-order valence-corrected chi connectivity index (χ3v) is 4.44. The van der Waals surface area contributed by atoms with Gasteiger partial charge in [0.25, 0.3) is 0 Å². The van der Waals surface area contributed by atoms with Gasteiger partial charge < -0.3 is 24.4 Å². The zero-order valence-corrected chi connectivity index (χ0v) is 18.7. The van der Waals surface area contributed by atoms with Crippen molar-refractivity contribution in [3.63, 3.8) is 0 Å². The molecule has 2 aromatic carbocycles. The highest BCUT2D eigenvalue weighted by molar-refractivity contribution is 5.70. The van der Waals surface area contributed by atoms with Gasteiger partial charge in [0.1, 0.15) is 23.0 Å². The maximum absolute atomic E-state index is 10.5. The summed E-state index contributed by atoms with van der Waals surface area (Å²) in [4.78, 5) is 12.6. The van der Waals surface area contributed by atoms with E-state index in [9.17, 15) is 10.2 Å². The Labute approximate surface area is 187 Å². The number of benzene rings is 2. The van der Waals surface area contributed by atoms with Gasteiger partial charge in [0.05, 0.1) is 30.9 Å². The summed E-state index contributed by atoms with van der Waals surface area (Å²) in [6.07, 6.45) is 2.58. The van der Waals surface area contributed by atoms with Crippen LogP contribution in [0.25, 0.3) is 22.8 Å². The minimum Gasteiger partial charge on any atom is -0.507 e. The molecule has 0 atom stereocenters. The second-order valence-electron chi connectivity index (χ2n) is 7.16. The van der Waals surface area contributed by atoms with Gasteiger partial charge in [-0.25, -0.2) is 4.98 Å². The highest BCUT2D eigenvalue weighted by atomic mass is 16.5. The Bertz CT molecular complexity index is 1040. The van der Waals surface area contributed by atoms with Gasteiger partial charge in [0, 0.05) is 12.1 Å². The first-order valence-corrected chi connectivity index (χ1v) is 10.9. The van der Waals surface area contributed by atoms with E-state index in [2.05, 4.69) is 15.0 Å². The number of aromatic nitrogens is 3. The minimum absolute atomic E-state index is 0.0547. The fraction of sp³-hybridized carbons (Fsp3) is 0.375. The molecule has 0 radical (unpaired) electrons. The van der Waals surface area contributed by atoms with Crippen LogP contribution in [0.15, 0.2) is 36.4 Å². The van der Waals surface area contributed by atoms with E-state index in [1.165, 1.54) is 6.07 Å². The van der Waals surface area contributed by atoms with E-state index >= 15 is 0 Å². The number of hydrogen-bond acceptors (Lipinski definition) is 8. The Morgan fingerprint density at radius 2 is 1.19 bits per heavy atom. The van der Waals surface area contributed by atoms with Crippen LogP contribution in [0.3, 0.4) is 0 Å². The van der Waals surface area contributed by atoms with E-state index in [0.29, 0.717) is 48.2 Å². The number of rotatable bonds is 11. The standard InChI is InChI=1S/C24H29N3O5/c1-4-11-30-16-7-9-18(20(28)14-16)22-25-23(27-24(29)26-22)19-10-8-17(31-12-5-2)15-21(19)32-13-6-3/h7-10,14-15,28H,4-6,11-13H2,1-3H3,(H,25,26,27,29). The third-order valence-electron chi connectivity index (χ3n) is 4.44. The molecule has 1 heterocycles. The Morgan fingerprint density at radius 3 is 1.78 bits per heavy atom. The Balaban J connectivity index is 1.99.